The number of ether oxygens (including phenoxy) is 1. The molecule has 0 radical (unpaired) electrons. The van der Waals surface area contributed by atoms with Crippen LogP contribution in [-0.2, 0) is 4.79 Å². The van der Waals surface area contributed by atoms with E-state index >= 15 is 0 Å². The maximum absolute atomic E-state index is 11.5. The van der Waals surface area contributed by atoms with Crippen LogP contribution in [0.5, 0.6) is 5.75 Å². The lowest BCUT2D eigenvalue weighted by Gasteiger charge is -1.96. The second-order valence-corrected chi connectivity index (χ2v) is 6.56. The Balaban J connectivity index is 1.83. The number of carbonyl (C=O) groups is 1. The minimum absolute atomic E-state index is 0.367. The number of aromatic amines is 2. The summed E-state index contributed by atoms with van der Waals surface area (Å²) in [7, 11) is 0. The fourth-order valence-electron chi connectivity index (χ4n) is 3.21. The van der Waals surface area contributed by atoms with Gasteiger partial charge in [-0.2, -0.15) is 0 Å². The van der Waals surface area contributed by atoms with Gasteiger partial charge in [0.2, 0.25) is 0 Å². The molecule has 6 heteroatoms. The van der Waals surface area contributed by atoms with Crippen molar-refractivity contribution in [1.82, 2.24) is 19.9 Å². The molecule has 3 aromatic heterocycles. The standard InChI is InChI=1S/C22H16N4O2/c1-13(27)28-21-12-17-5-4-15-7-10-19(24-15)18-9-6-14(23-18)2-3-16-8-11-20(25-16)22(21)26-17/h2-12,25-26H,1H3. The summed E-state index contributed by atoms with van der Waals surface area (Å²) in [4.78, 5) is 27.4. The van der Waals surface area contributed by atoms with Gasteiger partial charge in [0.05, 0.1) is 28.3 Å². The molecule has 8 bridgehead atoms. The van der Waals surface area contributed by atoms with Crippen LogP contribution in [0.4, 0.5) is 0 Å². The average molecular weight is 368 g/mol. The quantitative estimate of drug-likeness (QED) is 0.424. The van der Waals surface area contributed by atoms with Crippen LogP contribution in [0.1, 0.15) is 29.7 Å². The van der Waals surface area contributed by atoms with Crippen molar-refractivity contribution in [2.24, 2.45) is 0 Å². The lowest BCUT2D eigenvalue weighted by molar-refractivity contribution is -0.131. The number of carbonyl (C=O) groups excluding carboxylic acids is 1. The zero-order valence-corrected chi connectivity index (χ0v) is 15.1. The predicted octanol–water partition coefficient (Wildman–Crippen LogP) is 4.58. The van der Waals surface area contributed by atoms with Gasteiger partial charge in [-0.15, -0.1) is 0 Å². The maximum atomic E-state index is 11.5. The van der Waals surface area contributed by atoms with Gasteiger partial charge < -0.3 is 14.7 Å². The molecule has 0 aromatic carbocycles. The zero-order valence-electron chi connectivity index (χ0n) is 15.1. The van der Waals surface area contributed by atoms with E-state index in [2.05, 4.69) is 19.9 Å². The zero-order chi connectivity index (χ0) is 19.1. The molecule has 0 atom stereocenters. The van der Waals surface area contributed by atoms with Crippen molar-refractivity contribution in [2.75, 3.05) is 0 Å². The average Bonchev–Trinajstić information content (AvgIpc) is 3.43. The highest BCUT2D eigenvalue weighted by Crippen LogP contribution is 2.26. The molecule has 2 aliphatic rings. The second kappa shape index (κ2) is 6.35. The van der Waals surface area contributed by atoms with Gasteiger partial charge in [-0.3, -0.25) is 4.79 Å². The van der Waals surface area contributed by atoms with Gasteiger partial charge in [0, 0.05) is 24.0 Å². The Kier molecular flexibility index (Phi) is 3.69. The normalized spacial score (nSPS) is 12.3. The number of aromatic nitrogens is 4. The first kappa shape index (κ1) is 16.3. The van der Waals surface area contributed by atoms with Gasteiger partial charge in [-0.1, -0.05) is 0 Å². The molecule has 5 heterocycles. The van der Waals surface area contributed by atoms with Gasteiger partial charge >= 0.3 is 5.97 Å². The molecular formula is C22H16N4O2. The van der Waals surface area contributed by atoms with Gasteiger partial charge in [-0.25, -0.2) is 9.97 Å². The van der Waals surface area contributed by atoms with E-state index in [9.17, 15) is 4.79 Å². The van der Waals surface area contributed by atoms with E-state index in [-0.39, 0.29) is 5.97 Å². The fraction of sp³-hybridized carbons (Fsp3) is 0.0455. The predicted molar refractivity (Wildman–Crippen MR) is 110 cm³/mol. The van der Waals surface area contributed by atoms with Crippen LogP contribution < -0.4 is 4.74 Å². The summed E-state index contributed by atoms with van der Waals surface area (Å²) in [5.41, 5.74) is 6.64. The summed E-state index contributed by atoms with van der Waals surface area (Å²) < 4.78 is 5.39. The number of nitrogens with zero attached hydrogens (tertiary/aromatic N) is 2. The Hall–Kier alpha value is -3.93. The Labute approximate surface area is 160 Å². The molecule has 0 saturated heterocycles. The van der Waals surface area contributed by atoms with Crippen molar-refractivity contribution in [3.8, 4) is 5.75 Å². The maximum Gasteiger partial charge on any atom is 0.308 e. The van der Waals surface area contributed by atoms with E-state index in [1.165, 1.54) is 6.92 Å². The fourth-order valence-corrected chi connectivity index (χ4v) is 3.21. The Morgan fingerprint density at radius 1 is 0.821 bits per heavy atom. The summed E-state index contributed by atoms with van der Waals surface area (Å²) >= 11 is 0. The number of nitrogens with one attached hydrogen (secondary N) is 2. The number of rotatable bonds is 1. The van der Waals surface area contributed by atoms with Crippen LogP contribution in [0.15, 0.2) is 42.5 Å². The van der Waals surface area contributed by atoms with Crippen LogP contribution in [0.25, 0.3) is 46.4 Å². The summed E-state index contributed by atoms with van der Waals surface area (Å²) in [5.74, 6) is 0.112. The minimum Gasteiger partial charge on any atom is -0.424 e. The van der Waals surface area contributed by atoms with Gasteiger partial charge in [0.15, 0.2) is 5.75 Å². The van der Waals surface area contributed by atoms with Crippen LogP contribution in [0.3, 0.4) is 0 Å². The molecule has 5 rings (SSSR count). The second-order valence-electron chi connectivity index (χ2n) is 6.56. The third kappa shape index (κ3) is 3.01. The molecule has 0 spiro atoms. The van der Waals surface area contributed by atoms with Crippen molar-refractivity contribution in [2.45, 2.75) is 6.92 Å². The highest BCUT2D eigenvalue weighted by Gasteiger charge is 2.09. The van der Waals surface area contributed by atoms with Crippen molar-refractivity contribution in [3.63, 3.8) is 0 Å². The molecule has 0 unspecified atom stereocenters. The first-order valence-electron chi connectivity index (χ1n) is 8.89. The van der Waals surface area contributed by atoms with Crippen LogP contribution in [-0.4, -0.2) is 25.9 Å². The van der Waals surface area contributed by atoms with E-state index < -0.39 is 0 Å². The Morgan fingerprint density at radius 3 is 2.14 bits per heavy atom. The van der Waals surface area contributed by atoms with Crippen molar-refractivity contribution in [1.29, 1.82) is 0 Å². The number of fused-ring (bicyclic) bond motifs is 10. The van der Waals surface area contributed by atoms with Gasteiger partial charge in [0.25, 0.3) is 0 Å². The lowest BCUT2D eigenvalue weighted by atomic mass is 10.3. The topological polar surface area (TPSA) is 83.7 Å². The largest absolute Gasteiger partial charge is 0.424 e. The number of esters is 1. The third-order valence-electron chi connectivity index (χ3n) is 4.49. The summed E-state index contributed by atoms with van der Waals surface area (Å²) in [6, 6.07) is 13.4. The van der Waals surface area contributed by atoms with Crippen molar-refractivity contribution in [3.05, 3.63) is 65.2 Å². The summed E-state index contributed by atoms with van der Waals surface area (Å²) in [6.07, 6.45) is 7.83. The molecular weight excluding hydrogens is 352 g/mol. The molecule has 136 valence electrons. The monoisotopic (exact) mass is 368 g/mol. The Morgan fingerprint density at radius 2 is 1.46 bits per heavy atom. The van der Waals surface area contributed by atoms with Gasteiger partial charge in [0.1, 0.15) is 5.52 Å². The minimum atomic E-state index is -0.367. The molecule has 0 aliphatic carbocycles. The molecule has 2 aliphatic heterocycles. The number of H-pyrrole nitrogens is 2. The van der Waals surface area contributed by atoms with Gasteiger partial charge in [-0.05, 0) is 60.7 Å². The highest BCUT2D eigenvalue weighted by molar-refractivity contribution is 5.89. The molecule has 0 saturated carbocycles. The molecule has 0 fully saturated rings. The third-order valence-corrected chi connectivity index (χ3v) is 4.49. The first-order chi connectivity index (χ1) is 13.6. The van der Waals surface area contributed by atoms with E-state index in [1.807, 2.05) is 60.7 Å². The van der Waals surface area contributed by atoms with Crippen molar-refractivity contribution >= 4 is 52.3 Å². The van der Waals surface area contributed by atoms with E-state index in [0.29, 0.717) is 11.3 Å². The smallest absolute Gasteiger partial charge is 0.308 e. The van der Waals surface area contributed by atoms with E-state index in [4.69, 9.17) is 4.74 Å². The molecule has 6 nitrogen and oxygen atoms in total. The Bertz CT molecular complexity index is 1330. The first-order valence-corrected chi connectivity index (χ1v) is 8.89. The van der Waals surface area contributed by atoms with Crippen molar-refractivity contribution < 1.29 is 9.53 Å². The summed E-state index contributed by atoms with van der Waals surface area (Å²) in [5, 5.41) is 0. The van der Waals surface area contributed by atoms with E-state index in [0.717, 1.165) is 39.3 Å². The lowest BCUT2D eigenvalue weighted by Crippen LogP contribution is -2.00. The summed E-state index contributed by atoms with van der Waals surface area (Å²) in [6.45, 7) is 1.39. The van der Waals surface area contributed by atoms with Crippen LogP contribution >= 0.6 is 0 Å². The number of hydrogen-bond acceptors (Lipinski definition) is 4. The number of hydrogen-bond donors (Lipinski definition) is 2. The highest BCUT2D eigenvalue weighted by atomic mass is 16.5. The molecule has 28 heavy (non-hydrogen) atoms. The molecule has 0 amide bonds. The molecule has 2 N–H and O–H groups in total. The van der Waals surface area contributed by atoms with Crippen LogP contribution in [0, 0.1) is 0 Å². The van der Waals surface area contributed by atoms with Crippen LogP contribution in [0.2, 0.25) is 0 Å². The van der Waals surface area contributed by atoms with E-state index in [1.54, 1.807) is 6.07 Å². The molecule has 3 aromatic rings. The SMILES string of the molecule is CC(=O)Oc1cc2ccc3nc(c4nc(ccc5ccc([nH]5)c1[nH]2)C=C4)C=C3.